The van der Waals surface area contributed by atoms with E-state index in [0.29, 0.717) is 0 Å². The van der Waals surface area contributed by atoms with Gasteiger partial charge in [-0.25, -0.2) is 0 Å². The van der Waals surface area contributed by atoms with Crippen LogP contribution in [0, 0.1) is 0 Å². The summed E-state index contributed by atoms with van der Waals surface area (Å²) in [4.78, 5) is 0. The van der Waals surface area contributed by atoms with Gasteiger partial charge in [-0.15, -0.1) is 11.4 Å². The fourth-order valence-corrected chi connectivity index (χ4v) is 0. The molecule has 0 atom stereocenters. The van der Waals surface area contributed by atoms with E-state index >= 15 is 0 Å². The molecule has 0 saturated heterocycles. The molecule has 0 aliphatic heterocycles. The Kier molecular flexibility index (Phi) is 51.8. The summed E-state index contributed by atoms with van der Waals surface area (Å²) in [6.45, 7) is 0. The molecule has 7 heavy (non-hydrogen) atoms. The molecule has 0 aliphatic carbocycles. The zero-order valence-electron chi connectivity index (χ0n) is 3.36. The second-order valence-corrected chi connectivity index (χ2v) is 0.612. The standard InChI is InChI=1S/ClH.Fe.Na.H2O3S/c;;;1-4(2)3/h1H;;;(H2,1,2,3)/q;+2;+1;/p-3. The van der Waals surface area contributed by atoms with Gasteiger partial charge in [-0.3, -0.25) is 4.21 Å². The Bertz CT molecular complexity index is 37.9. The van der Waals surface area contributed by atoms with E-state index in [2.05, 4.69) is 0 Å². The van der Waals surface area contributed by atoms with Crippen LogP contribution in [0.25, 0.3) is 0 Å². The first-order valence-corrected chi connectivity index (χ1v) is 1.50. The van der Waals surface area contributed by atoms with Crippen molar-refractivity contribution in [2.75, 3.05) is 0 Å². The third kappa shape index (κ3) is 77.1. The first-order valence-electron chi connectivity index (χ1n) is 0.500. The van der Waals surface area contributed by atoms with E-state index in [1.165, 1.54) is 0 Å². The minimum absolute atomic E-state index is 0. The van der Waals surface area contributed by atoms with Gasteiger partial charge in [0.2, 0.25) is 0 Å². The Morgan fingerprint density at radius 1 is 1.29 bits per heavy atom. The van der Waals surface area contributed by atoms with Crippen LogP contribution in [0.5, 0.6) is 0 Å². The van der Waals surface area contributed by atoms with E-state index in [1.807, 2.05) is 0 Å². The second-order valence-electron chi connectivity index (χ2n) is 0.204. The van der Waals surface area contributed by atoms with Crippen molar-refractivity contribution in [3.63, 3.8) is 0 Å². The Morgan fingerprint density at radius 3 is 1.29 bits per heavy atom. The van der Waals surface area contributed by atoms with E-state index in [-0.39, 0.29) is 59.0 Å². The molecule has 0 aromatic rings. The van der Waals surface area contributed by atoms with E-state index < -0.39 is 11.4 Å². The van der Waals surface area contributed by atoms with E-state index in [0.717, 1.165) is 0 Å². The molecule has 0 rings (SSSR count). The molecule has 0 unspecified atom stereocenters. The summed E-state index contributed by atoms with van der Waals surface area (Å²) in [6.07, 6.45) is 0. The molecule has 0 aliphatic rings. The number of hydrogen-bond acceptors (Lipinski definition) is 3. The van der Waals surface area contributed by atoms with Crippen LogP contribution in [0.4, 0.5) is 0 Å². The van der Waals surface area contributed by atoms with Gasteiger partial charge in [-0.1, -0.05) is 0 Å². The summed E-state index contributed by atoms with van der Waals surface area (Å²) in [7, 11) is 0. The summed E-state index contributed by atoms with van der Waals surface area (Å²) >= 11 is -3.11. The van der Waals surface area contributed by atoms with Gasteiger partial charge in [0.15, 0.2) is 0 Å². The van der Waals surface area contributed by atoms with Crippen LogP contribution in [0.3, 0.4) is 0 Å². The fraction of sp³-hybridized carbons (Fsp3) is 0. The molecule has 0 fully saturated rings. The molecule has 0 radical (unpaired) electrons. The summed E-state index contributed by atoms with van der Waals surface area (Å²) in [5.74, 6) is 0. The van der Waals surface area contributed by atoms with E-state index in [9.17, 15) is 0 Å². The normalized spacial score (nSPS) is 5.00. The van der Waals surface area contributed by atoms with Gasteiger partial charge in [0.1, 0.15) is 0 Å². The van der Waals surface area contributed by atoms with Crippen LogP contribution in [-0.2, 0) is 28.4 Å². The third-order valence-electron chi connectivity index (χ3n) is 0. The molecule has 0 saturated carbocycles. The number of hydrogen-bond donors (Lipinski definition) is 0. The molecule has 0 aromatic carbocycles. The smallest absolute Gasteiger partial charge is 1.00 e. The number of rotatable bonds is 0. The second kappa shape index (κ2) is 15.7. The van der Waals surface area contributed by atoms with Crippen molar-refractivity contribution >= 4 is 11.4 Å². The van der Waals surface area contributed by atoms with Gasteiger partial charge < -0.3 is 21.5 Å². The van der Waals surface area contributed by atoms with Gasteiger partial charge in [-0.05, 0) is 0 Å². The van der Waals surface area contributed by atoms with Crippen molar-refractivity contribution in [2.24, 2.45) is 0 Å². The molecule has 0 N–H and O–H groups in total. The largest absolute Gasteiger partial charge is 2.00 e. The van der Waals surface area contributed by atoms with Crippen molar-refractivity contribution in [2.45, 2.75) is 0 Å². The minimum atomic E-state index is -3.11. The Hall–Kier alpha value is 1.88. The van der Waals surface area contributed by atoms with E-state index in [4.69, 9.17) is 13.3 Å². The van der Waals surface area contributed by atoms with Gasteiger partial charge >= 0.3 is 46.6 Å². The first-order chi connectivity index (χ1) is 1.73. The average Bonchev–Trinajstić information content (AvgIpc) is 0.811. The maximum Gasteiger partial charge on any atom is 2.00 e. The van der Waals surface area contributed by atoms with Crippen LogP contribution < -0.4 is 42.0 Å². The Morgan fingerprint density at radius 2 is 1.29 bits per heavy atom. The summed E-state index contributed by atoms with van der Waals surface area (Å²) in [6, 6.07) is 0. The zero-order valence-corrected chi connectivity index (χ0v) is 8.04. The summed E-state index contributed by atoms with van der Waals surface area (Å²) in [5, 5.41) is 0. The van der Waals surface area contributed by atoms with Gasteiger partial charge in [-0.2, -0.15) is 0 Å². The molecule has 0 amide bonds. The molecule has 0 heterocycles. The van der Waals surface area contributed by atoms with Crippen molar-refractivity contribution in [3.8, 4) is 0 Å². The molecule has 0 bridgehead atoms. The molecule has 40 valence electrons. The molecule has 0 spiro atoms. The van der Waals surface area contributed by atoms with Crippen LogP contribution in [0.1, 0.15) is 0 Å². The van der Waals surface area contributed by atoms with Crippen LogP contribution in [0.15, 0.2) is 0 Å². The van der Waals surface area contributed by atoms with Crippen LogP contribution in [-0.4, -0.2) is 13.3 Å². The molecule has 3 nitrogen and oxygen atoms in total. The number of halogens is 1. The predicted molar refractivity (Wildman–Crippen MR) is 9.70 cm³/mol. The zero-order chi connectivity index (χ0) is 3.58. The third-order valence-corrected chi connectivity index (χ3v) is 0. The van der Waals surface area contributed by atoms with Crippen molar-refractivity contribution < 1.29 is 72.3 Å². The summed E-state index contributed by atoms with van der Waals surface area (Å²) < 4.78 is 25.3. The molecule has 0 aromatic heterocycles. The Balaban J connectivity index is -0.0000000150. The monoisotopic (exact) mass is 194 g/mol. The van der Waals surface area contributed by atoms with Gasteiger partial charge in [0, 0.05) is 0 Å². The predicted octanol–water partition coefficient (Wildman–Crippen LogP) is -7.00. The maximum absolute atomic E-state index is 8.44. The van der Waals surface area contributed by atoms with Crippen LogP contribution >= 0.6 is 0 Å². The van der Waals surface area contributed by atoms with Crippen LogP contribution in [0.2, 0.25) is 0 Å². The van der Waals surface area contributed by atoms with Gasteiger partial charge in [0.05, 0.1) is 0 Å². The summed E-state index contributed by atoms with van der Waals surface area (Å²) in [5.41, 5.74) is 0. The fourth-order valence-electron chi connectivity index (χ4n) is 0. The first kappa shape index (κ1) is 23.2. The molecule has 7 heteroatoms. The van der Waals surface area contributed by atoms with Crippen molar-refractivity contribution in [3.05, 3.63) is 0 Å². The van der Waals surface area contributed by atoms with Gasteiger partial charge in [0.25, 0.3) is 0 Å². The SMILES string of the molecule is O=S([O-])[O-].[Cl-].[Fe+2].[Na+]. The topological polar surface area (TPSA) is 63.2 Å². The van der Waals surface area contributed by atoms with Crippen molar-refractivity contribution in [1.29, 1.82) is 0 Å². The quantitative estimate of drug-likeness (QED) is 0.284. The van der Waals surface area contributed by atoms with E-state index in [1.54, 1.807) is 0 Å². The minimum Gasteiger partial charge on any atom is -1.00 e. The molecular weight excluding hydrogens is 194 g/mol. The maximum atomic E-state index is 8.44. The molecular formula is ClFeNaO3S. The Labute approximate surface area is 82.9 Å². The average molecular weight is 194 g/mol. The van der Waals surface area contributed by atoms with Crippen molar-refractivity contribution in [1.82, 2.24) is 0 Å².